The fourth-order valence-corrected chi connectivity index (χ4v) is 23.1. The molecule has 0 aliphatic carbocycles. The predicted octanol–water partition coefficient (Wildman–Crippen LogP) is 23.1. The fourth-order valence-electron chi connectivity index (χ4n) is 9.53. The summed E-state index contributed by atoms with van der Waals surface area (Å²) in [5.41, 5.74) is -9.64. The minimum atomic E-state index is -11.2. The Kier molecular flexibility index (Phi) is 28.8. The number of sulfone groups is 3. The van der Waals surface area contributed by atoms with Crippen molar-refractivity contribution in [3.63, 3.8) is 0 Å². The van der Waals surface area contributed by atoms with Crippen LogP contribution < -0.4 is 0 Å². The Labute approximate surface area is 656 Å². The van der Waals surface area contributed by atoms with E-state index in [4.69, 9.17) is 11.6 Å². The molecule has 0 heterocycles. The molecule has 0 bridgehead atoms. The summed E-state index contributed by atoms with van der Waals surface area (Å²) in [6.07, 6.45) is -0.408. The summed E-state index contributed by atoms with van der Waals surface area (Å²) in [7, 11) is -20.8. The summed E-state index contributed by atoms with van der Waals surface area (Å²) in [6.45, 7) is 4.75. The van der Waals surface area contributed by atoms with Crippen molar-refractivity contribution >= 4 is 153 Å². The van der Waals surface area contributed by atoms with E-state index in [0.29, 0.717) is 32.8 Å². The number of carbonyl (C=O) groups is 4. The molecule has 0 N–H and O–H groups in total. The Balaban J connectivity index is 0.000000216. The van der Waals surface area contributed by atoms with Crippen LogP contribution in [0.15, 0.2) is 348 Å². The summed E-state index contributed by atoms with van der Waals surface area (Å²) < 4.78 is 192. The van der Waals surface area contributed by atoms with Gasteiger partial charge in [-0.1, -0.05) is 162 Å². The summed E-state index contributed by atoms with van der Waals surface area (Å²) >= 11 is 1.97. The van der Waals surface area contributed by atoms with Crippen LogP contribution >= 0.6 is 58.6 Å². The molecule has 0 aromatic heterocycles. The molecule has 0 atom stereocenters. The summed E-state index contributed by atoms with van der Waals surface area (Å²) in [4.78, 5) is 64.0. The molecule has 0 radical (unpaired) electrons. The first-order chi connectivity index (χ1) is 51.2. The first kappa shape index (κ1) is 87.9. The Hall–Kier alpha value is -7.68. The van der Waals surface area contributed by atoms with Gasteiger partial charge in [-0.25, -0.2) is 0 Å². The Morgan fingerprint density at radius 2 is 0.564 bits per heavy atom. The van der Waals surface area contributed by atoms with Gasteiger partial charge in [0, 0.05) is 73.2 Å². The molecule has 0 amide bonds. The van der Waals surface area contributed by atoms with E-state index in [-0.39, 0.29) is 44.9 Å². The second-order valence-corrected chi connectivity index (χ2v) is 44.0. The number of ketones is 4. The fraction of sp³-hybridized carbons (Fsp3) is 0.0779. The average molecular weight is 1820 g/mol. The molecule has 110 heavy (non-hydrogen) atoms. The van der Waals surface area contributed by atoms with Gasteiger partial charge < -0.3 is 0 Å². The van der Waals surface area contributed by atoms with Gasteiger partial charge >= 0.3 is 47.4 Å². The van der Waals surface area contributed by atoms with Crippen molar-refractivity contribution in [2.75, 3.05) is 6.26 Å². The van der Waals surface area contributed by atoms with Crippen LogP contribution in [0.5, 0.6) is 0 Å². The van der Waals surface area contributed by atoms with Gasteiger partial charge in [-0.05, 0) is 197 Å². The van der Waals surface area contributed by atoms with Crippen molar-refractivity contribution in [1.29, 1.82) is 0 Å². The van der Waals surface area contributed by atoms with Crippen molar-refractivity contribution in [3.05, 3.63) is 316 Å². The molecule has 0 saturated heterocycles. The van der Waals surface area contributed by atoms with Gasteiger partial charge in [0.25, 0.3) is 0 Å². The van der Waals surface area contributed by atoms with Gasteiger partial charge in [-0.3, -0.25) is 44.4 Å². The number of hydrogen-bond acceptors (Lipinski definition) is 14. The van der Waals surface area contributed by atoms with E-state index >= 15 is 0 Å². The first-order valence-corrected chi connectivity index (χ1v) is 48.2. The van der Waals surface area contributed by atoms with Crippen LogP contribution in [0, 0.1) is 3.91 Å². The number of rotatable bonds is 22. The molecule has 0 fully saturated rings. The second kappa shape index (κ2) is 36.0. The monoisotopic (exact) mass is 1810 g/mol. The Morgan fingerprint density at radius 1 is 0.336 bits per heavy atom. The van der Waals surface area contributed by atoms with E-state index in [1.54, 1.807) is 73.9 Å². The van der Waals surface area contributed by atoms with Crippen LogP contribution in [0.1, 0.15) is 67.8 Å². The molecular weight excluding hydrogens is 1760 g/mol. The van der Waals surface area contributed by atoms with Gasteiger partial charge in [0.15, 0.2) is 72.2 Å². The molecule has 0 aliphatic rings. The summed E-state index contributed by atoms with van der Waals surface area (Å²) in [5, 5.41) is 0.578. The Morgan fingerprint density at radius 3 is 0.800 bits per heavy atom. The molecule has 0 unspecified atom stereocenters. The maximum absolute atomic E-state index is 12.7. The Bertz CT molecular complexity index is 5080. The van der Waals surface area contributed by atoms with Crippen molar-refractivity contribution < 1.29 is 87.7 Å². The molecule has 11 rings (SSSR count). The number of alkyl halides is 6. The van der Waals surface area contributed by atoms with Crippen LogP contribution in [0.4, 0.5) is 43.2 Å². The standard InChI is InChI=1S/C42H33O3S4.C31H22ClOS2.C4H3F6O6S3.6FH.Sb/c1-28(43)31-4-10-34(11-5-31)46-37-16-22-40(23-17-37)49(41-24-18-38(19-25-41)47-35-12-6-32(7-13-35)29(2)44)42-26-20-39(21-27-42)48-36-14-8-33(9-15-36)30(3)45;32-29-22-24(31(33)23-10-4-1-5-11-23)16-21-30(29)34-25-17-19-28(20-18-25)35(26-12-6-2-7-13-26)27-14-8-3-9-15-27;1-17(11,12)2(18(13,14)3(5,6)7)19(15,16)4(8,9)10;;;;;;;/h4-27H,1-3H3;1-22H;1H3;6*1H;/q2*+1;-1;;;;;;;+5/p-6. The third kappa shape index (κ3) is 25.9. The molecule has 11 aromatic carbocycles. The molecule has 0 spiro atoms. The predicted molar refractivity (Wildman–Crippen MR) is 411 cm³/mol. The molecular formula is C77H58ClF12O10S9Sb. The number of carbonyl (C=O) groups excluding carboxylic acids is 4. The number of hydrogen-bond donors (Lipinski definition) is 0. The van der Waals surface area contributed by atoms with E-state index in [1.165, 1.54) is 29.4 Å². The molecule has 33 heteroatoms. The van der Waals surface area contributed by atoms with Gasteiger partial charge in [-0.2, -0.15) is 26.3 Å². The third-order valence-corrected chi connectivity index (χ3v) is 30.7. The zero-order valence-corrected chi connectivity index (χ0v) is 67.8. The van der Waals surface area contributed by atoms with E-state index < -0.39 is 70.2 Å². The van der Waals surface area contributed by atoms with Crippen molar-refractivity contribution in [2.45, 2.75) is 100 Å². The van der Waals surface area contributed by atoms with Gasteiger partial charge in [-0.15, -0.1) is 0 Å². The van der Waals surface area contributed by atoms with Crippen molar-refractivity contribution in [3.8, 4) is 0 Å². The zero-order valence-electron chi connectivity index (χ0n) is 57.2. The van der Waals surface area contributed by atoms with E-state index in [0.717, 1.165) is 39.2 Å². The first-order valence-electron chi connectivity index (χ1n) is 31.4. The van der Waals surface area contributed by atoms with Crippen LogP contribution in [-0.4, -0.2) is 85.1 Å². The topological polar surface area (TPSA) is 171 Å². The van der Waals surface area contributed by atoms with E-state index in [2.05, 4.69) is 158 Å². The summed E-state index contributed by atoms with van der Waals surface area (Å²) in [5.74, 6) is 0.177. The van der Waals surface area contributed by atoms with E-state index in [1.807, 2.05) is 115 Å². The summed E-state index contributed by atoms with van der Waals surface area (Å²) in [6, 6.07) is 94.3. The van der Waals surface area contributed by atoms with Crippen LogP contribution in [-0.2, 0) is 51.3 Å². The van der Waals surface area contributed by atoms with Crippen LogP contribution in [0.25, 0.3) is 0 Å². The zero-order chi connectivity index (χ0) is 80.9. The SMILES string of the molecule is CC(=O)c1ccc(Sc2ccc([S+](c3ccc(Sc4ccc(C(C)=O)cc4)cc3)c3ccc(Sc4ccc(C(C)=O)cc4)cc3)cc2)cc1.CS(=O)(=O)[C-](S(=O)(=O)C(F)(F)F)S(=O)(=O)C(F)(F)F.O=C(c1ccccc1)c1ccc(Sc2ccc([S+](c3ccccc3)c3ccccc3)cc2)c(Cl)c1.[F][Sb-]([F])([F])([F])([F])[F]. The molecule has 0 aliphatic heterocycles. The van der Waals surface area contributed by atoms with Crippen LogP contribution in [0.3, 0.4) is 0 Å². The van der Waals surface area contributed by atoms with Crippen LogP contribution in [0.2, 0.25) is 5.02 Å². The maximum atomic E-state index is 12.7. The van der Waals surface area contributed by atoms with Gasteiger partial charge in [0.2, 0.25) is 0 Å². The average Bonchev–Trinajstić information content (AvgIpc) is 0.732. The van der Waals surface area contributed by atoms with E-state index in [9.17, 15) is 87.7 Å². The number of halogens is 13. The van der Waals surface area contributed by atoms with Gasteiger partial charge in [0.1, 0.15) is 0 Å². The second-order valence-electron chi connectivity index (χ2n) is 23.0. The quantitative estimate of drug-likeness (QED) is 0.0206. The molecule has 576 valence electrons. The normalized spacial score (nSPS) is 12.6. The third-order valence-electron chi connectivity index (χ3n) is 14.5. The molecule has 10 nitrogen and oxygen atoms in total. The number of Topliss-reactive ketones (excluding diaryl/α,β-unsaturated/α-hetero) is 3. The van der Waals surface area contributed by atoms with Crippen molar-refractivity contribution in [2.24, 2.45) is 0 Å². The van der Waals surface area contributed by atoms with Crippen molar-refractivity contribution in [1.82, 2.24) is 0 Å². The minimum absolute atomic E-state index is 0.0257. The molecule has 0 saturated carbocycles. The van der Waals surface area contributed by atoms with Gasteiger partial charge in [0.05, 0.1) is 40.6 Å². The molecule has 11 aromatic rings. The number of benzene rings is 11.